The van der Waals surface area contributed by atoms with Crippen LogP contribution in [0.15, 0.2) is 18.7 Å². The van der Waals surface area contributed by atoms with Gasteiger partial charge in [0, 0.05) is 23.6 Å². The van der Waals surface area contributed by atoms with Crippen LogP contribution in [-0.2, 0) is 4.74 Å². The molecule has 0 aromatic heterocycles. The Morgan fingerprint density at radius 1 is 1.50 bits per heavy atom. The van der Waals surface area contributed by atoms with E-state index < -0.39 is 29.9 Å². The summed E-state index contributed by atoms with van der Waals surface area (Å²) in [5, 5.41) is 18.6. The molecule has 0 spiro atoms. The van der Waals surface area contributed by atoms with Crippen molar-refractivity contribution in [3.8, 4) is 0 Å². The van der Waals surface area contributed by atoms with Crippen LogP contribution in [0.2, 0.25) is 0 Å². The summed E-state index contributed by atoms with van der Waals surface area (Å²) in [6, 6.07) is 1.99. The van der Waals surface area contributed by atoms with Gasteiger partial charge in [-0.2, -0.15) is 0 Å². The third-order valence-corrected chi connectivity index (χ3v) is 3.05. The van der Waals surface area contributed by atoms with Crippen LogP contribution in [0, 0.1) is 11.6 Å². The molecular formula is C13H14F2O3. The van der Waals surface area contributed by atoms with Gasteiger partial charge in [0.25, 0.3) is 0 Å². The van der Waals surface area contributed by atoms with Crippen LogP contribution in [0.5, 0.6) is 0 Å². The van der Waals surface area contributed by atoms with Crippen molar-refractivity contribution in [2.45, 2.75) is 24.7 Å². The molecule has 0 radical (unpaired) electrons. The Kier molecular flexibility index (Phi) is 3.36. The second-order valence-corrected chi connectivity index (χ2v) is 4.21. The maximum atomic E-state index is 13.7. The zero-order valence-electron chi connectivity index (χ0n) is 10.5. The van der Waals surface area contributed by atoms with Gasteiger partial charge in [0.15, 0.2) is 0 Å². The molecule has 3 nitrogen and oxygen atoms in total. The molecule has 2 rings (SSSR count). The van der Waals surface area contributed by atoms with E-state index in [0.717, 1.165) is 12.6 Å². The molecule has 1 fully saturated rings. The second kappa shape index (κ2) is 5.14. The fraction of sp³-hybridized carbons (Fsp3) is 0.385. The minimum Gasteiger partial charge on any atom is -0.394 e. The minimum absolute atomic E-state index is 0.0805. The van der Waals surface area contributed by atoms with Crippen LogP contribution < -0.4 is 0 Å². The molecule has 18 heavy (non-hydrogen) atoms. The van der Waals surface area contributed by atoms with Crippen LogP contribution in [0.1, 0.15) is 25.0 Å². The van der Waals surface area contributed by atoms with Gasteiger partial charge < -0.3 is 14.9 Å². The maximum Gasteiger partial charge on any atom is 0.133 e. The molecule has 1 aromatic rings. The molecular weight excluding hydrogens is 242 g/mol. The van der Waals surface area contributed by atoms with Crippen molar-refractivity contribution >= 4 is 6.08 Å². The minimum atomic E-state index is -0.880. The van der Waals surface area contributed by atoms with Crippen LogP contribution in [0.4, 0.5) is 8.78 Å². The molecule has 98 valence electrons. The average Bonchev–Trinajstić information content (AvgIpc) is 2.74. The third-order valence-electron chi connectivity index (χ3n) is 3.05. The molecule has 1 aliphatic heterocycles. The summed E-state index contributed by atoms with van der Waals surface area (Å²) < 4.78 is 39.4. The normalized spacial score (nSPS) is 28.9. The predicted octanol–water partition coefficient (Wildman–Crippen LogP) is 1.79. The lowest BCUT2D eigenvalue weighted by Gasteiger charge is -2.14. The maximum absolute atomic E-state index is 13.7. The average molecular weight is 257 g/mol. The summed E-state index contributed by atoms with van der Waals surface area (Å²) in [5.74, 6) is -1.53. The quantitative estimate of drug-likeness (QED) is 0.868. The summed E-state index contributed by atoms with van der Waals surface area (Å²) in [6.45, 7) is 0.543. The van der Waals surface area contributed by atoms with Gasteiger partial charge in [0.2, 0.25) is 0 Å². The molecule has 0 unspecified atom stereocenters. The lowest BCUT2D eigenvalue weighted by molar-refractivity contribution is -0.0233. The fourth-order valence-electron chi connectivity index (χ4n) is 2.05. The van der Waals surface area contributed by atoms with Gasteiger partial charge in [-0.3, -0.25) is 0 Å². The molecule has 1 aliphatic rings. The van der Waals surface area contributed by atoms with Gasteiger partial charge in [0.1, 0.15) is 17.7 Å². The number of hydrogen-bond acceptors (Lipinski definition) is 3. The Morgan fingerprint density at radius 3 is 2.89 bits per heavy atom. The second-order valence-electron chi connectivity index (χ2n) is 4.21. The van der Waals surface area contributed by atoms with Crippen LogP contribution in [0.25, 0.3) is 6.08 Å². The monoisotopic (exact) mass is 257 g/mol. The molecule has 0 saturated carbocycles. The first-order chi connectivity index (χ1) is 9.06. The Bertz CT molecular complexity index is 493. The number of hydrogen-bond donors (Lipinski definition) is 2. The smallest absolute Gasteiger partial charge is 0.133 e. The Morgan fingerprint density at radius 2 is 2.28 bits per heavy atom. The molecule has 0 aliphatic carbocycles. The molecule has 2 N–H and O–H groups in total. The van der Waals surface area contributed by atoms with Crippen LogP contribution in [0.3, 0.4) is 0 Å². The predicted molar refractivity (Wildman–Crippen MR) is 61.8 cm³/mol. The highest BCUT2D eigenvalue weighted by Gasteiger charge is 2.35. The van der Waals surface area contributed by atoms with Gasteiger partial charge in [0.05, 0.1) is 20.2 Å². The van der Waals surface area contributed by atoms with Crippen molar-refractivity contribution in [3.05, 3.63) is 41.4 Å². The highest BCUT2D eigenvalue weighted by atomic mass is 19.1. The van der Waals surface area contributed by atoms with E-state index in [0.29, 0.717) is 0 Å². The number of ether oxygens (including phenoxy) is 1. The van der Waals surface area contributed by atoms with Crippen LogP contribution in [-0.4, -0.2) is 29.0 Å². The summed E-state index contributed by atoms with van der Waals surface area (Å²) in [6.07, 6.45) is -1.03. The van der Waals surface area contributed by atoms with E-state index in [4.69, 9.17) is 11.2 Å². The first kappa shape index (κ1) is 11.8. The summed E-state index contributed by atoms with van der Waals surface area (Å²) in [7, 11) is 0. The highest BCUT2D eigenvalue weighted by molar-refractivity contribution is 5.49. The third kappa shape index (κ3) is 2.29. The van der Waals surface area contributed by atoms with E-state index in [-0.39, 0.29) is 24.2 Å². The van der Waals surface area contributed by atoms with Crippen LogP contribution >= 0.6 is 0 Å². The Labute approximate surface area is 105 Å². The lowest BCUT2D eigenvalue weighted by atomic mass is 10.0. The Balaban J connectivity index is 2.32. The zero-order chi connectivity index (χ0) is 14.0. The summed E-state index contributed by atoms with van der Waals surface area (Å²) in [5.41, 5.74) is 0.196. The van der Waals surface area contributed by atoms with E-state index in [1.807, 2.05) is 0 Å². The first-order valence-corrected chi connectivity index (χ1v) is 5.55. The van der Waals surface area contributed by atoms with E-state index in [1.165, 1.54) is 12.1 Å². The van der Waals surface area contributed by atoms with Gasteiger partial charge in [-0.05, 0) is 6.07 Å². The fourth-order valence-corrected chi connectivity index (χ4v) is 2.05. The van der Waals surface area contributed by atoms with Crippen molar-refractivity contribution in [1.82, 2.24) is 0 Å². The lowest BCUT2D eigenvalue weighted by Crippen LogP contribution is -2.24. The van der Waals surface area contributed by atoms with Gasteiger partial charge >= 0.3 is 0 Å². The molecule has 1 heterocycles. The van der Waals surface area contributed by atoms with Gasteiger partial charge in [-0.25, -0.2) is 8.78 Å². The number of halogens is 2. The van der Waals surface area contributed by atoms with E-state index in [2.05, 4.69) is 0 Å². The number of aliphatic hydroxyl groups is 2. The molecule has 1 aromatic carbocycles. The van der Waals surface area contributed by atoms with Crippen molar-refractivity contribution in [1.29, 1.82) is 0 Å². The standard InChI is InChI=1S/C13H14F2O3/c1-2-7-3-8(10(15)4-9(7)14)12-5-11(17)13(6-16)18-12/h2-4,11-13,16-17H,1,5-6H2/t11-,12+,13+/m0/s1/i1D. The van der Waals surface area contributed by atoms with E-state index in [9.17, 15) is 13.9 Å². The topological polar surface area (TPSA) is 49.7 Å². The number of rotatable bonds is 3. The van der Waals surface area contributed by atoms with Crippen molar-refractivity contribution < 1.29 is 25.1 Å². The molecule has 3 atom stereocenters. The molecule has 5 heteroatoms. The highest BCUT2D eigenvalue weighted by Crippen LogP contribution is 2.35. The van der Waals surface area contributed by atoms with E-state index in [1.54, 1.807) is 0 Å². The van der Waals surface area contributed by atoms with E-state index >= 15 is 0 Å². The number of benzene rings is 1. The first-order valence-electron chi connectivity index (χ1n) is 6.12. The summed E-state index contributed by atoms with van der Waals surface area (Å²) in [4.78, 5) is 0. The zero-order valence-corrected chi connectivity index (χ0v) is 9.51. The Hall–Kier alpha value is -1.30. The number of aliphatic hydroxyl groups excluding tert-OH is 2. The van der Waals surface area contributed by atoms with Crippen molar-refractivity contribution in [3.63, 3.8) is 0 Å². The largest absolute Gasteiger partial charge is 0.394 e. The summed E-state index contributed by atoms with van der Waals surface area (Å²) >= 11 is 0. The van der Waals surface area contributed by atoms with Crippen molar-refractivity contribution in [2.75, 3.05) is 6.61 Å². The van der Waals surface area contributed by atoms with Gasteiger partial charge in [-0.15, -0.1) is 0 Å². The van der Waals surface area contributed by atoms with Crippen molar-refractivity contribution in [2.24, 2.45) is 0 Å². The molecule has 0 amide bonds. The molecule has 0 bridgehead atoms. The van der Waals surface area contributed by atoms with Gasteiger partial charge in [-0.1, -0.05) is 12.6 Å². The SMILES string of the molecule is [2H]C=Cc1cc([C@H]2C[C@H](O)[C@@H](CO)O2)c(F)cc1F. The molecule has 1 saturated heterocycles.